The van der Waals surface area contributed by atoms with Gasteiger partial charge in [0.15, 0.2) is 0 Å². The molecular formula is C27H28ClN3O3. The van der Waals surface area contributed by atoms with Crippen molar-refractivity contribution in [3.8, 4) is 0 Å². The lowest BCUT2D eigenvalue weighted by atomic mass is 10.0. The third-order valence-electron chi connectivity index (χ3n) is 5.43. The van der Waals surface area contributed by atoms with Gasteiger partial charge < -0.3 is 15.5 Å². The third-order valence-corrected chi connectivity index (χ3v) is 5.76. The number of nitrogens with zero attached hydrogens (tertiary/aromatic N) is 1. The van der Waals surface area contributed by atoms with Crippen molar-refractivity contribution in [3.05, 3.63) is 101 Å². The van der Waals surface area contributed by atoms with E-state index in [9.17, 15) is 14.4 Å². The van der Waals surface area contributed by atoms with Crippen LogP contribution in [0.4, 0.5) is 5.69 Å². The number of carbonyl (C=O) groups is 3. The summed E-state index contributed by atoms with van der Waals surface area (Å²) in [6.45, 7) is 4.54. The van der Waals surface area contributed by atoms with Gasteiger partial charge in [0.1, 0.15) is 0 Å². The highest BCUT2D eigenvalue weighted by molar-refractivity contribution is 6.33. The van der Waals surface area contributed by atoms with Crippen molar-refractivity contribution in [1.29, 1.82) is 0 Å². The molecular weight excluding hydrogens is 450 g/mol. The van der Waals surface area contributed by atoms with Gasteiger partial charge >= 0.3 is 0 Å². The molecule has 0 saturated heterocycles. The van der Waals surface area contributed by atoms with Gasteiger partial charge in [0.2, 0.25) is 11.8 Å². The molecule has 3 amide bonds. The van der Waals surface area contributed by atoms with Crippen LogP contribution in [-0.2, 0) is 16.1 Å². The lowest BCUT2D eigenvalue weighted by molar-refractivity contribution is -0.129. The number of halogens is 1. The van der Waals surface area contributed by atoms with Gasteiger partial charge in [-0.25, -0.2) is 0 Å². The Bertz CT molecular complexity index is 1150. The van der Waals surface area contributed by atoms with Crippen LogP contribution in [0.1, 0.15) is 47.8 Å². The summed E-state index contributed by atoms with van der Waals surface area (Å²) in [6, 6.07) is 23.0. The van der Waals surface area contributed by atoms with Crippen LogP contribution in [0.2, 0.25) is 5.02 Å². The number of carbonyl (C=O) groups excluding carboxylic acids is 3. The van der Waals surface area contributed by atoms with Crippen molar-refractivity contribution in [3.63, 3.8) is 0 Å². The van der Waals surface area contributed by atoms with Crippen LogP contribution in [0.3, 0.4) is 0 Å². The maximum atomic E-state index is 12.9. The van der Waals surface area contributed by atoms with E-state index in [1.165, 1.54) is 6.92 Å². The maximum Gasteiger partial charge on any atom is 0.253 e. The van der Waals surface area contributed by atoms with Gasteiger partial charge in [-0.15, -0.1) is 0 Å². The van der Waals surface area contributed by atoms with E-state index in [4.69, 9.17) is 11.6 Å². The van der Waals surface area contributed by atoms with Crippen LogP contribution in [0.25, 0.3) is 0 Å². The Labute approximate surface area is 204 Å². The van der Waals surface area contributed by atoms with Crippen molar-refractivity contribution in [1.82, 2.24) is 10.2 Å². The third kappa shape index (κ3) is 6.93. The number of hydrogen-bond acceptors (Lipinski definition) is 3. The molecule has 7 heteroatoms. The Balaban J connectivity index is 1.73. The second-order valence-corrected chi connectivity index (χ2v) is 8.31. The summed E-state index contributed by atoms with van der Waals surface area (Å²) in [6.07, 6.45) is 0.0406. The van der Waals surface area contributed by atoms with Gasteiger partial charge in [-0.1, -0.05) is 66.2 Å². The van der Waals surface area contributed by atoms with E-state index in [0.717, 1.165) is 11.1 Å². The molecule has 34 heavy (non-hydrogen) atoms. The highest BCUT2D eigenvalue weighted by Crippen LogP contribution is 2.21. The first-order valence-corrected chi connectivity index (χ1v) is 11.5. The zero-order valence-electron chi connectivity index (χ0n) is 19.3. The molecule has 0 aliphatic rings. The summed E-state index contributed by atoms with van der Waals surface area (Å²) in [5, 5.41) is 6.19. The minimum Gasteiger partial charge on any atom is -0.345 e. The van der Waals surface area contributed by atoms with E-state index in [2.05, 4.69) is 10.6 Å². The van der Waals surface area contributed by atoms with E-state index in [1.54, 1.807) is 35.2 Å². The maximum absolute atomic E-state index is 12.9. The second kappa shape index (κ2) is 12.0. The fourth-order valence-corrected chi connectivity index (χ4v) is 3.85. The fourth-order valence-electron chi connectivity index (χ4n) is 3.63. The van der Waals surface area contributed by atoms with Gasteiger partial charge in [0.05, 0.1) is 23.0 Å². The smallest absolute Gasteiger partial charge is 0.253 e. The molecule has 0 saturated carbocycles. The van der Waals surface area contributed by atoms with Gasteiger partial charge in [0, 0.05) is 25.7 Å². The Morgan fingerprint density at radius 1 is 0.941 bits per heavy atom. The highest BCUT2D eigenvalue weighted by Gasteiger charge is 2.20. The van der Waals surface area contributed by atoms with Crippen molar-refractivity contribution in [2.24, 2.45) is 0 Å². The van der Waals surface area contributed by atoms with Crippen molar-refractivity contribution in [2.75, 3.05) is 11.9 Å². The predicted molar refractivity (Wildman–Crippen MR) is 135 cm³/mol. The zero-order chi connectivity index (χ0) is 24.5. The predicted octanol–water partition coefficient (Wildman–Crippen LogP) is 5.21. The average Bonchev–Trinajstić information content (AvgIpc) is 2.83. The molecule has 176 valence electrons. The summed E-state index contributed by atoms with van der Waals surface area (Å²) in [7, 11) is 0. The van der Waals surface area contributed by atoms with Gasteiger partial charge in [-0.2, -0.15) is 0 Å². The van der Waals surface area contributed by atoms with Gasteiger partial charge in [0.25, 0.3) is 5.91 Å². The molecule has 0 aliphatic carbocycles. The summed E-state index contributed by atoms with van der Waals surface area (Å²) < 4.78 is 0. The summed E-state index contributed by atoms with van der Waals surface area (Å²) >= 11 is 6.18. The quantitative estimate of drug-likeness (QED) is 0.444. The van der Waals surface area contributed by atoms with Crippen LogP contribution in [0.5, 0.6) is 0 Å². The molecule has 0 bridgehead atoms. The molecule has 6 nitrogen and oxygen atoms in total. The van der Waals surface area contributed by atoms with Crippen molar-refractivity contribution >= 4 is 35.0 Å². The van der Waals surface area contributed by atoms with Crippen molar-refractivity contribution in [2.45, 2.75) is 32.9 Å². The van der Waals surface area contributed by atoms with E-state index in [0.29, 0.717) is 29.4 Å². The SMILES string of the molecule is CCN(Cc1cccc(NC(=O)CC(NC(=O)c2ccccc2Cl)c2ccccc2)c1)C(C)=O. The largest absolute Gasteiger partial charge is 0.345 e. The highest BCUT2D eigenvalue weighted by atomic mass is 35.5. The number of anilines is 1. The van der Waals surface area contributed by atoms with Crippen LogP contribution >= 0.6 is 11.6 Å². The Morgan fingerprint density at radius 3 is 2.32 bits per heavy atom. The normalized spacial score (nSPS) is 11.4. The molecule has 0 aromatic heterocycles. The standard InChI is InChI=1S/C27H28ClN3O3/c1-3-31(19(2)32)18-20-10-9-13-22(16-20)29-26(33)17-25(21-11-5-4-6-12-21)30-27(34)23-14-7-8-15-24(23)28/h4-16,25H,3,17-18H2,1-2H3,(H,29,33)(H,30,34). The number of rotatable bonds is 9. The molecule has 0 radical (unpaired) electrons. The first kappa shape index (κ1) is 25.0. The van der Waals surface area contributed by atoms with Crippen molar-refractivity contribution < 1.29 is 14.4 Å². The fraction of sp³-hybridized carbons (Fsp3) is 0.222. The second-order valence-electron chi connectivity index (χ2n) is 7.90. The van der Waals surface area contributed by atoms with Crippen LogP contribution in [0.15, 0.2) is 78.9 Å². The molecule has 1 unspecified atom stereocenters. The summed E-state index contributed by atoms with van der Waals surface area (Å²) in [5.74, 6) is -0.598. The monoisotopic (exact) mass is 477 g/mol. The summed E-state index contributed by atoms with van der Waals surface area (Å²) in [5.41, 5.74) is 2.71. The molecule has 3 aromatic rings. The molecule has 0 aliphatic heterocycles. The minimum absolute atomic E-state index is 0.00287. The number of hydrogen-bond donors (Lipinski definition) is 2. The molecule has 0 heterocycles. The molecule has 0 spiro atoms. The Morgan fingerprint density at radius 2 is 1.65 bits per heavy atom. The van der Waals surface area contributed by atoms with Crippen LogP contribution < -0.4 is 10.6 Å². The van der Waals surface area contributed by atoms with E-state index < -0.39 is 6.04 Å². The van der Waals surface area contributed by atoms with E-state index in [1.807, 2.05) is 55.5 Å². The topological polar surface area (TPSA) is 78.5 Å². The summed E-state index contributed by atoms with van der Waals surface area (Å²) in [4.78, 5) is 39.2. The number of amides is 3. The number of nitrogens with one attached hydrogen (secondary N) is 2. The molecule has 1 atom stereocenters. The molecule has 3 aromatic carbocycles. The first-order chi connectivity index (χ1) is 16.4. The van der Waals surface area contributed by atoms with E-state index in [-0.39, 0.29) is 24.1 Å². The Hall–Kier alpha value is -3.64. The average molecular weight is 478 g/mol. The van der Waals surface area contributed by atoms with E-state index >= 15 is 0 Å². The lowest BCUT2D eigenvalue weighted by Crippen LogP contribution is -2.31. The molecule has 0 fully saturated rings. The first-order valence-electron chi connectivity index (χ1n) is 11.1. The number of benzene rings is 3. The minimum atomic E-state index is -0.540. The van der Waals surface area contributed by atoms with Crippen LogP contribution in [-0.4, -0.2) is 29.2 Å². The van der Waals surface area contributed by atoms with Gasteiger partial charge in [-0.3, -0.25) is 14.4 Å². The zero-order valence-corrected chi connectivity index (χ0v) is 20.0. The molecule has 3 rings (SSSR count). The Kier molecular flexibility index (Phi) is 8.82. The lowest BCUT2D eigenvalue weighted by Gasteiger charge is -2.20. The van der Waals surface area contributed by atoms with Crippen LogP contribution in [0, 0.1) is 0 Å². The van der Waals surface area contributed by atoms with Gasteiger partial charge in [-0.05, 0) is 42.3 Å². The molecule has 2 N–H and O–H groups in total.